The molecule has 2 aromatic rings. The highest BCUT2D eigenvalue weighted by atomic mass is 32.2. The summed E-state index contributed by atoms with van der Waals surface area (Å²) in [4.78, 5) is 20.1. The van der Waals surface area contributed by atoms with E-state index in [4.69, 9.17) is 5.73 Å². The number of carbonyl (C=O) groups is 1. The number of oxime groups is 1. The molecule has 25 heavy (non-hydrogen) atoms. The van der Waals surface area contributed by atoms with E-state index >= 15 is 0 Å². The van der Waals surface area contributed by atoms with Crippen molar-refractivity contribution in [2.75, 3.05) is 5.75 Å². The number of aromatic nitrogens is 1. The van der Waals surface area contributed by atoms with Crippen molar-refractivity contribution in [3.8, 4) is 0 Å². The molecule has 0 aliphatic carbocycles. The van der Waals surface area contributed by atoms with Crippen LogP contribution in [0.5, 0.6) is 0 Å². The number of aryl methyl sites for hydroxylation is 1. The second-order valence-electron chi connectivity index (χ2n) is 4.97. The van der Waals surface area contributed by atoms with E-state index in [1.54, 1.807) is 24.3 Å². The van der Waals surface area contributed by atoms with Crippen LogP contribution in [0.15, 0.2) is 52.8 Å². The number of pyridine rings is 1. The summed E-state index contributed by atoms with van der Waals surface area (Å²) in [5, 5.41) is 3.22. The van der Waals surface area contributed by atoms with Gasteiger partial charge in [-0.15, -0.1) is 0 Å². The molecule has 132 valence electrons. The second-order valence-corrected chi connectivity index (χ2v) is 5.93. The van der Waals surface area contributed by atoms with Crippen LogP contribution in [-0.2, 0) is 11.0 Å². The number of hydrogen-bond acceptors (Lipinski definition) is 5. The molecule has 0 saturated heterocycles. The highest BCUT2D eigenvalue weighted by Crippen LogP contribution is 2.35. The maximum Gasteiger partial charge on any atom is 0.419 e. The third kappa shape index (κ3) is 5.49. The number of nitrogens with two attached hydrogens (primary N) is 1. The van der Waals surface area contributed by atoms with Crippen molar-refractivity contribution in [1.82, 2.24) is 4.98 Å². The first-order valence-corrected chi connectivity index (χ1v) is 8.01. The van der Waals surface area contributed by atoms with Crippen molar-refractivity contribution in [3.63, 3.8) is 0 Å². The molecule has 0 unspecified atom stereocenters. The van der Waals surface area contributed by atoms with Crippen LogP contribution in [0.3, 0.4) is 0 Å². The fourth-order valence-electron chi connectivity index (χ4n) is 1.73. The molecule has 2 N–H and O–H groups in total. The number of alkyl halides is 3. The van der Waals surface area contributed by atoms with Crippen molar-refractivity contribution in [2.24, 2.45) is 10.9 Å². The van der Waals surface area contributed by atoms with Crippen molar-refractivity contribution in [1.29, 1.82) is 0 Å². The number of benzene rings is 1. The highest BCUT2D eigenvalue weighted by Gasteiger charge is 2.34. The molecule has 0 amide bonds. The van der Waals surface area contributed by atoms with Gasteiger partial charge in [0.2, 0.25) is 0 Å². The molecule has 9 heteroatoms. The third-order valence-electron chi connectivity index (χ3n) is 2.97. The Labute approximate surface area is 146 Å². The Balaban J connectivity index is 1.96. The van der Waals surface area contributed by atoms with E-state index in [0.717, 1.165) is 23.4 Å². The molecule has 0 spiro atoms. The smallest absolute Gasteiger partial charge is 0.384 e. The number of carbonyl (C=O) groups excluding carboxylic acids is 1. The van der Waals surface area contributed by atoms with E-state index in [0.29, 0.717) is 5.56 Å². The molecule has 5 nitrogen and oxygen atoms in total. The van der Waals surface area contributed by atoms with Gasteiger partial charge in [-0.25, -0.2) is 9.78 Å². The lowest BCUT2D eigenvalue weighted by Crippen LogP contribution is -2.17. The zero-order valence-corrected chi connectivity index (χ0v) is 13.9. The van der Waals surface area contributed by atoms with Crippen LogP contribution < -0.4 is 5.73 Å². The van der Waals surface area contributed by atoms with E-state index < -0.39 is 17.7 Å². The minimum atomic E-state index is -4.51. The van der Waals surface area contributed by atoms with Crippen LogP contribution in [0, 0.1) is 6.92 Å². The summed E-state index contributed by atoms with van der Waals surface area (Å²) in [6.07, 6.45) is -3.26. The lowest BCUT2D eigenvalue weighted by molar-refractivity contribution is -0.140. The normalized spacial score (nSPS) is 12.1. The average molecular weight is 369 g/mol. The lowest BCUT2D eigenvalue weighted by atomic mass is 10.2. The molecule has 2 rings (SSSR count). The van der Waals surface area contributed by atoms with Gasteiger partial charge in [-0.1, -0.05) is 34.6 Å². The minimum Gasteiger partial charge on any atom is -0.384 e. The molecule has 1 heterocycles. The van der Waals surface area contributed by atoms with Crippen molar-refractivity contribution >= 4 is 23.6 Å². The van der Waals surface area contributed by atoms with Crippen LogP contribution in [0.25, 0.3) is 0 Å². The fourth-order valence-corrected chi connectivity index (χ4v) is 2.54. The molecule has 0 aliphatic heterocycles. The van der Waals surface area contributed by atoms with Gasteiger partial charge in [-0.2, -0.15) is 13.2 Å². The van der Waals surface area contributed by atoms with Crippen LogP contribution in [0.1, 0.15) is 21.5 Å². The number of hydrogen-bond donors (Lipinski definition) is 1. The fraction of sp³-hybridized carbons (Fsp3) is 0.188. The third-order valence-corrected chi connectivity index (χ3v) is 4.01. The molecule has 0 bridgehead atoms. The van der Waals surface area contributed by atoms with Gasteiger partial charge >= 0.3 is 12.1 Å². The Bertz CT molecular complexity index is 777. The van der Waals surface area contributed by atoms with Gasteiger partial charge in [0, 0.05) is 6.20 Å². The molecule has 0 saturated carbocycles. The molecular weight excluding hydrogens is 355 g/mol. The summed E-state index contributed by atoms with van der Waals surface area (Å²) >= 11 is 0.753. The Hall–Kier alpha value is -2.55. The van der Waals surface area contributed by atoms with Gasteiger partial charge < -0.3 is 10.6 Å². The van der Waals surface area contributed by atoms with Gasteiger partial charge in [-0.3, -0.25) is 0 Å². The summed E-state index contributed by atoms with van der Waals surface area (Å²) in [6.45, 7) is 1.87. The maximum absolute atomic E-state index is 12.9. The second kappa shape index (κ2) is 8.02. The molecule has 0 atom stereocenters. The van der Waals surface area contributed by atoms with Gasteiger partial charge in [0.15, 0.2) is 5.84 Å². The molecule has 1 aromatic carbocycles. The first-order valence-electron chi connectivity index (χ1n) is 7.02. The van der Waals surface area contributed by atoms with Crippen molar-refractivity contribution < 1.29 is 22.8 Å². The Morgan fingerprint density at radius 1 is 1.28 bits per heavy atom. The van der Waals surface area contributed by atoms with Crippen LogP contribution in [0.4, 0.5) is 13.2 Å². The maximum atomic E-state index is 12.9. The first kappa shape index (κ1) is 18.8. The van der Waals surface area contributed by atoms with E-state index in [9.17, 15) is 18.0 Å². The molecule has 0 fully saturated rings. The first-order chi connectivity index (χ1) is 11.8. The molecule has 0 aliphatic rings. The van der Waals surface area contributed by atoms with Gasteiger partial charge in [0.25, 0.3) is 0 Å². The lowest BCUT2D eigenvalue weighted by Gasteiger charge is -2.10. The number of nitrogens with zero attached hydrogens (tertiary/aromatic N) is 2. The largest absolute Gasteiger partial charge is 0.419 e. The molecule has 1 aromatic heterocycles. The summed E-state index contributed by atoms with van der Waals surface area (Å²) in [5.41, 5.74) is 5.99. The monoisotopic (exact) mass is 369 g/mol. The number of halogens is 3. The summed E-state index contributed by atoms with van der Waals surface area (Å²) < 4.78 is 38.6. The summed E-state index contributed by atoms with van der Waals surface area (Å²) in [6, 6.07) is 8.75. The number of thioether (sulfide) groups is 1. The van der Waals surface area contributed by atoms with E-state index in [1.807, 2.05) is 6.92 Å². The predicted molar refractivity (Wildman–Crippen MR) is 88.2 cm³/mol. The zero-order chi connectivity index (χ0) is 18.4. The Morgan fingerprint density at radius 2 is 1.96 bits per heavy atom. The minimum absolute atomic E-state index is 0.110. The van der Waals surface area contributed by atoms with Gasteiger partial charge in [0.1, 0.15) is 5.03 Å². The van der Waals surface area contributed by atoms with Crippen molar-refractivity contribution in [3.05, 3.63) is 59.3 Å². The van der Waals surface area contributed by atoms with Crippen LogP contribution >= 0.6 is 11.8 Å². The van der Waals surface area contributed by atoms with Crippen molar-refractivity contribution in [2.45, 2.75) is 18.1 Å². The quantitative estimate of drug-likeness (QED) is 0.286. The molecule has 0 radical (unpaired) electrons. The standard InChI is InChI=1S/C16H14F3N3O2S/c1-10-4-6-11(7-5-10)15(23)24-22-13(20)9-25-14-12(16(17,18)19)3-2-8-21-14/h2-8H,9H2,1H3,(H2,20,22). The summed E-state index contributed by atoms with van der Waals surface area (Å²) in [7, 11) is 0. The summed E-state index contributed by atoms with van der Waals surface area (Å²) in [5.74, 6) is -0.952. The van der Waals surface area contributed by atoms with E-state index in [-0.39, 0.29) is 16.6 Å². The van der Waals surface area contributed by atoms with E-state index in [1.165, 1.54) is 12.3 Å². The van der Waals surface area contributed by atoms with Gasteiger partial charge in [-0.05, 0) is 31.2 Å². The van der Waals surface area contributed by atoms with E-state index in [2.05, 4.69) is 15.0 Å². The predicted octanol–water partition coefficient (Wildman–Crippen LogP) is 3.63. The topological polar surface area (TPSA) is 77.6 Å². The zero-order valence-electron chi connectivity index (χ0n) is 13.1. The van der Waals surface area contributed by atoms with Crippen LogP contribution in [-0.4, -0.2) is 22.5 Å². The van der Waals surface area contributed by atoms with Crippen LogP contribution in [0.2, 0.25) is 0 Å². The Morgan fingerprint density at radius 3 is 2.60 bits per heavy atom. The Kier molecular flexibility index (Phi) is 6.02. The number of amidine groups is 1. The SMILES string of the molecule is Cc1ccc(C(=O)O/N=C(/N)CSc2ncccc2C(F)(F)F)cc1. The average Bonchev–Trinajstić information content (AvgIpc) is 2.58. The van der Waals surface area contributed by atoms with Gasteiger partial charge in [0.05, 0.1) is 16.9 Å². The highest BCUT2D eigenvalue weighted by molar-refractivity contribution is 8.00. The number of rotatable bonds is 5. The molecular formula is C16H14F3N3O2S.